The summed E-state index contributed by atoms with van der Waals surface area (Å²) >= 11 is 11.5. The molecule has 3 aromatic rings. The van der Waals surface area contributed by atoms with Gasteiger partial charge in [0.05, 0.1) is 21.7 Å². The van der Waals surface area contributed by atoms with E-state index >= 15 is 0 Å². The van der Waals surface area contributed by atoms with E-state index in [2.05, 4.69) is 4.98 Å². The van der Waals surface area contributed by atoms with Gasteiger partial charge in [0.2, 0.25) is 0 Å². The Kier molecular flexibility index (Phi) is 2.92. The zero-order valence-corrected chi connectivity index (χ0v) is 11.6. The lowest BCUT2D eigenvalue weighted by atomic mass is 10.2. The van der Waals surface area contributed by atoms with E-state index in [1.54, 1.807) is 4.57 Å². The standard InChI is InChI=1S/C14H10ClFN2S/c1-8-3-2-4-11-13(8)17-14(19)18(11)12-7-9(16)5-6-10(12)15/h2-7H,1H3,(H,17,19). The molecule has 3 rings (SSSR count). The molecule has 0 unspecified atom stereocenters. The summed E-state index contributed by atoms with van der Waals surface area (Å²) in [5.74, 6) is -0.344. The summed E-state index contributed by atoms with van der Waals surface area (Å²) in [4.78, 5) is 3.14. The third kappa shape index (κ3) is 1.97. The van der Waals surface area contributed by atoms with E-state index in [1.807, 2.05) is 25.1 Å². The van der Waals surface area contributed by atoms with Gasteiger partial charge in [-0.1, -0.05) is 23.7 Å². The van der Waals surface area contributed by atoms with Crippen LogP contribution in [-0.4, -0.2) is 9.55 Å². The largest absolute Gasteiger partial charge is 0.330 e. The minimum atomic E-state index is -0.344. The topological polar surface area (TPSA) is 20.7 Å². The van der Waals surface area contributed by atoms with Crippen molar-refractivity contribution < 1.29 is 4.39 Å². The fourth-order valence-corrected chi connectivity index (χ4v) is 2.67. The van der Waals surface area contributed by atoms with Gasteiger partial charge in [-0.15, -0.1) is 0 Å². The number of halogens is 2. The highest BCUT2D eigenvalue weighted by atomic mass is 35.5. The van der Waals surface area contributed by atoms with Crippen molar-refractivity contribution in [1.82, 2.24) is 9.55 Å². The van der Waals surface area contributed by atoms with E-state index in [0.717, 1.165) is 16.6 Å². The van der Waals surface area contributed by atoms with Gasteiger partial charge in [0, 0.05) is 0 Å². The van der Waals surface area contributed by atoms with Crippen LogP contribution < -0.4 is 0 Å². The van der Waals surface area contributed by atoms with Gasteiger partial charge in [-0.25, -0.2) is 4.39 Å². The fraction of sp³-hybridized carbons (Fsp3) is 0.0714. The molecule has 1 heterocycles. The number of hydrogen-bond acceptors (Lipinski definition) is 1. The minimum Gasteiger partial charge on any atom is -0.330 e. The first kappa shape index (κ1) is 12.4. The molecule has 0 saturated heterocycles. The molecule has 0 saturated carbocycles. The Labute approximate surface area is 119 Å². The summed E-state index contributed by atoms with van der Waals surface area (Å²) < 4.78 is 15.7. The number of rotatable bonds is 1. The van der Waals surface area contributed by atoms with Crippen LogP contribution >= 0.6 is 23.8 Å². The Hall–Kier alpha value is -1.65. The number of nitrogens with one attached hydrogen (secondary N) is 1. The van der Waals surface area contributed by atoms with Crippen LogP contribution in [0.5, 0.6) is 0 Å². The molecule has 0 aliphatic rings. The van der Waals surface area contributed by atoms with Gasteiger partial charge in [-0.2, -0.15) is 0 Å². The predicted molar refractivity (Wildman–Crippen MR) is 78.2 cm³/mol. The molecule has 0 amide bonds. The third-order valence-electron chi connectivity index (χ3n) is 3.08. The lowest BCUT2D eigenvalue weighted by Crippen LogP contribution is -1.96. The first-order valence-corrected chi connectivity index (χ1v) is 6.52. The Bertz CT molecular complexity index is 835. The van der Waals surface area contributed by atoms with Crippen LogP contribution in [0.2, 0.25) is 5.02 Å². The van der Waals surface area contributed by atoms with Crippen molar-refractivity contribution in [2.75, 3.05) is 0 Å². The summed E-state index contributed by atoms with van der Waals surface area (Å²) in [5.41, 5.74) is 3.45. The molecule has 5 heteroatoms. The van der Waals surface area contributed by atoms with Crippen molar-refractivity contribution in [1.29, 1.82) is 0 Å². The summed E-state index contributed by atoms with van der Waals surface area (Å²) in [6.45, 7) is 1.99. The summed E-state index contributed by atoms with van der Waals surface area (Å²) in [5, 5.41) is 0.458. The van der Waals surface area contributed by atoms with Crippen molar-refractivity contribution in [3.8, 4) is 5.69 Å². The highest BCUT2D eigenvalue weighted by Crippen LogP contribution is 2.27. The molecule has 0 atom stereocenters. The lowest BCUT2D eigenvalue weighted by Gasteiger charge is -2.07. The zero-order chi connectivity index (χ0) is 13.6. The molecule has 0 fully saturated rings. The number of aromatic amines is 1. The average molecular weight is 293 g/mol. The molecule has 0 aliphatic heterocycles. The Morgan fingerprint density at radius 1 is 1.26 bits per heavy atom. The number of fused-ring (bicyclic) bond motifs is 1. The van der Waals surface area contributed by atoms with Crippen LogP contribution in [0.25, 0.3) is 16.7 Å². The maximum atomic E-state index is 13.4. The van der Waals surface area contributed by atoms with Crippen LogP contribution in [-0.2, 0) is 0 Å². The molecule has 1 N–H and O–H groups in total. The van der Waals surface area contributed by atoms with Crippen LogP contribution in [0, 0.1) is 17.5 Å². The number of para-hydroxylation sites is 1. The van der Waals surface area contributed by atoms with Gasteiger partial charge in [0.1, 0.15) is 5.82 Å². The molecule has 2 aromatic carbocycles. The van der Waals surface area contributed by atoms with E-state index in [1.165, 1.54) is 18.2 Å². The number of benzene rings is 2. The summed E-state index contributed by atoms with van der Waals surface area (Å²) in [7, 11) is 0. The number of hydrogen-bond donors (Lipinski definition) is 1. The van der Waals surface area contributed by atoms with Crippen LogP contribution in [0.15, 0.2) is 36.4 Å². The molecule has 0 bridgehead atoms. The van der Waals surface area contributed by atoms with Crippen molar-refractivity contribution in [2.24, 2.45) is 0 Å². The number of aryl methyl sites for hydroxylation is 1. The lowest BCUT2D eigenvalue weighted by molar-refractivity contribution is 0.626. The molecular weight excluding hydrogens is 283 g/mol. The third-order valence-corrected chi connectivity index (χ3v) is 3.68. The first-order chi connectivity index (χ1) is 9.08. The second kappa shape index (κ2) is 4.47. The maximum absolute atomic E-state index is 13.4. The van der Waals surface area contributed by atoms with E-state index in [0.29, 0.717) is 15.5 Å². The Morgan fingerprint density at radius 2 is 2.05 bits per heavy atom. The molecular formula is C14H10ClFN2S. The van der Waals surface area contributed by atoms with Crippen LogP contribution in [0.1, 0.15) is 5.56 Å². The second-order valence-corrected chi connectivity index (χ2v) is 5.12. The molecule has 19 heavy (non-hydrogen) atoms. The second-order valence-electron chi connectivity index (χ2n) is 4.33. The molecule has 0 aliphatic carbocycles. The van der Waals surface area contributed by atoms with Gasteiger partial charge < -0.3 is 4.98 Å². The summed E-state index contributed by atoms with van der Waals surface area (Å²) in [6.07, 6.45) is 0. The van der Waals surface area contributed by atoms with Crippen LogP contribution in [0.4, 0.5) is 4.39 Å². The minimum absolute atomic E-state index is 0.344. The monoisotopic (exact) mass is 292 g/mol. The first-order valence-electron chi connectivity index (χ1n) is 5.73. The number of H-pyrrole nitrogens is 1. The van der Waals surface area contributed by atoms with E-state index in [9.17, 15) is 4.39 Å². The van der Waals surface area contributed by atoms with Crippen molar-refractivity contribution in [3.05, 3.63) is 57.6 Å². The summed E-state index contributed by atoms with van der Waals surface area (Å²) in [6, 6.07) is 10.1. The molecule has 96 valence electrons. The van der Waals surface area contributed by atoms with Crippen molar-refractivity contribution in [2.45, 2.75) is 6.92 Å². The van der Waals surface area contributed by atoms with Crippen LogP contribution in [0.3, 0.4) is 0 Å². The van der Waals surface area contributed by atoms with E-state index < -0.39 is 0 Å². The zero-order valence-electron chi connectivity index (χ0n) is 10.1. The normalized spacial score (nSPS) is 11.1. The van der Waals surface area contributed by atoms with E-state index in [-0.39, 0.29) is 5.82 Å². The molecule has 1 aromatic heterocycles. The van der Waals surface area contributed by atoms with Crippen molar-refractivity contribution in [3.63, 3.8) is 0 Å². The van der Waals surface area contributed by atoms with Gasteiger partial charge in [-0.05, 0) is 49.0 Å². The van der Waals surface area contributed by atoms with Gasteiger partial charge in [-0.3, -0.25) is 4.57 Å². The Morgan fingerprint density at radius 3 is 2.84 bits per heavy atom. The van der Waals surface area contributed by atoms with E-state index in [4.69, 9.17) is 23.8 Å². The Balaban J connectivity index is 2.43. The highest BCUT2D eigenvalue weighted by Gasteiger charge is 2.11. The average Bonchev–Trinajstić information content (AvgIpc) is 2.70. The number of aromatic nitrogens is 2. The molecule has 0 spiro atoms. The van der Waals surface area contributed by atoms with Gasteiger partial charge >= 0.3 is 0 Å². The predicted octanol–water partition coefficient (Wildman–Crippen LogP) is 4.79. The smallest absolute Gasteiger partial charge is 0.182 e. The fourth-order valence-electron chi connectivity index (χ4n) is 2.17. The number of imidazole rings is 1. The maximum Gasteiger partial charge on any atom is 0.182 e. The quantitative estimate of drug-likeness (QED) is 0.640. The number of nitrogens with zero attached hydrogens (tertiary/aromatic N) is 1. The van der Waals surface area contributed by atoms with Crippen molar-refractivity contribution >= 4 is 34.9 Å². The molecule has 0 radical (unpaired) electrons. The van der Waals surface area contributed by atoms with Gasteiger partial charge in [0.15, 0.2) is 4.77 Å². The SMILES string of the molecule is Cc1cccc2c1[nH]c(=S)n2-c1cc(F)ccc1Cl. The van der Waals surface area contributed by atoms with Gasteiger partial charge in [0.25, 0.3) is 0 Å². The molecule has 2 nitrogen and oxygen atoms in total. The highest BCUT2D eigenvalue weighted by molar-refractivity contribution is 7.71.